The van der Waals surface area contributed by atoms with Gasteiger partial charge in [0.2, 0.25) is 5.91 Å². The highest BCUT2D eigenvalue weighted by Gasteiger charge is 2.17. The second kappa shape index (κ2) is 8.31. The molecule has 2 aromatic rings. The van der Waals surface area contributed by atoms with Crippen molar-refractivity contribution in [2.75, 3.05) is 31.2 Å². The van der Waals surface area contributed by atoms with E-state index in [2.05, 4.69) is 34.6 Å². The molecular formula is C18H24N4O2. The molecule has 0 bridgehead atoms. The number of nitrogens with one attached hydrogen (secondary N) is 1. The lowest BCUT2D eigenvalue weighted by Gasteiger charge is -2.26. The van der Waals surface area contributed by atoms with E-state index in [9.17, 15) is 4.79 Å². The number of nitrogen functional groups attached to an aromatic ring is 1. The van der Waals surface area contributed by atoms with E-state index in [1.807, 2.05) is 6.92 Å². The van der Waals surface area contributed by atoms with E-state index in [0.717, 1.165) is 5.56 Å². The molecule has 4 N–H and O–H groups in total. The molecule has 1 heterocycles. The zero-order valence-electron chi connectivity index (χ0n) is 14.1. The number of aryl methyl sites for hydroxylation is 1. The van der Waals surface area contributed by atoms with Gasteiger partial charge in [-0.3, -0.25) is 4.79 Å². The van der Waals surface area contributed by atoms with Crippen LogP contribution in [0.5, 0.6) is 0 Å². The molecule has 1 aromatic carbocycles. The zero-order chi connectivity index (χ0) is 17.5. The van der Waals surface area contributed by atoms with Crippen LogP contribution < -0.4 is 11.1 Å². The SMILES string of the molecule is Cc1ccc(C[C@@H](CN(C)C(=O)CO)Nc2ncccc2N)cc1. The van der Waals surface area contributed by atoms with Crippen molar-refractivity contribution in [2.24, 2.45) is 0 Å². The van der Waals surface area contributed by atoms with Crippen LogP contribution >= 0.6 is 0 Å². The van der Waals surface area contributed by atoms with Crippen molar-refractivity contribution in [1.29, 1.82) is 0 Å². The Bertz CT molecular complexity index is 673. The molecule has 24 heavy (non-hydrogen) atoms. The van der Waals surface area contributed by atoms with Gasteiger partial charge in [0.05, 0.1) is 5.69 Å². The average molecular weight is 328 g/mol. The van der Waals surface area contributed by atoms with E-state index in [1.165, 1.54) is 10.5 Å². The van der Waals surface area contributed by atoms with Gasteiger partial charge >= 0.3 is 0 Å². The minimum Gasteiger partial charge on any atom is -0.396 e. The van der Waals surface area contributed by atoms with Crippen LogP contribution in [-0.2, 0) is 11.2 Å². The first-order valence-electron chi connectivity index (χ1n) is 7.87. The summed E-state index contributed by atoms with van der Waals surface area (Å²) in [4.78, 5) is 17.4. The molecule has 1 amide bonds. The maximum Gasteiger partial charge on any atom is 0.248 e. The third-order valence-corrected chi connectivity index (χ3v) is 3.84. The van der Waals surface area contributed by atoms with Crippen molar-refractivity contribution in [3.63, 3.8) is 0 Å². The molecule has 6 nitrogen and oxygen atoms in total. The number of aromatic nitrogens is 1. The van der Waals surface area contributed by atoms with Crippen molar-refractivity contribution < 1.29 is 9.90 Å². The number of aliphatic hydroxyl groups is 1. The summed E-state index contributed by atoms with van der Waals surface area (Å²) in [7, 11) is 1.67. The van der Waals surface area contributed by atoms with Crippen molar-refractivity contribution in [1.82, 2.24) is 9.88 Å². The molecule has 0 aliphatic rings. The van der Waals surface area contributed by atoms with E-state index < -0.39 is 6.61 Å². The number of aliphatic hydroxyl groups excluding tert-OH is 1. The Kier molecular flexibility index (Phi) is 6.14. The second-order valence-corrected chi connectivity index (χ2v) is 5.90. The Labute approximate surface area is 142 Å². The van der Waals surface area contributed by atoms with E-state index in [4.69, 9.17) is 10.8 Å². The first kappa shape index (κ1) is 17.7. The Balaban J connectivity index is 2.15. The molecule has 0 aliphatic carbocycles. The molecule has 0 spiro atoms. The highest BCUT2D eigenvalue weighted by Crippen LogP contribution is 2.17. The van der Waals surface area contributed by atoms with Gasteiger partial charge in [-0.2, -0.15) is 0 Å². The third-order valence-electron chi connectivity index (χ3n) is 3.84. The number of rotatable bonds is 7. The van der Waals surface area contributed by atoms with Gasteiger partial charge in [-0.05, 0) is 31.0 Å². The molecule has 6 heteroatoms. The maximum absolute atomic E-state index is 11.7. The maximum atomic E-state index is 11.7. The summed E-state index contributed by atoms with van der Waals surface area (Å²) >= 11 is 0. The van der Waals surface area contributed by atoms with Crippen molar-refractivity contribution in [3.05, 3.63) is 53.7 Å². The number of anilines is 2. The molecule has 128 valence electrons. The van der Waals surface area contributed by atoms with Crippen molar-refractivity contribution in [2.45, 2.75) is 19.4 Å². The average Bonchev–Trinajstić information content (AvgIpc) is 2.58. The predicted molar refractivity (Wildman–Crippen MR) is 95.7 cm³/mol. The number of nitrogens with two attached hydrogens (primary N) is 1. The predicted octanol–water partition coefficient (Wildman–Crippen LogP) is 1.45. The monoisotopic (exact) mass is 328 g/mol. The lowest BCUT2D eigenvalue weighted by Crippen LogP contribution is -2.40. The zero-order valence-corrected chi connectivity index (χ0v) is 14.1. The first-order valence-corrected chi connectivity index (χ1v) is 7.87. The van der Waals surface area contributed by atoms with Crippen LogP contribution in [0, 0.1) is 6.92 Å². The largest absolute Gasteiger partial charge is 0.396 e. The first-order chi connectivity index (χ1) is 11.5. The molecular weight excluding hydrogens is 304 g/mol. The van der Waals surface area contributed by atoms with Crippen LogP contribution in [0.4, 0.5) is 11.5 Å². The van der Waals surface area contributed by atoms with Crippen LogP contribution in [0.25, 0.3) is 0 Å². The number of benzene rings is 1. The standard InChI is InChI=1S/C18H24N4O2/c1-13-5-7-14(8-6-13)10-15(11-22(2)17(24)12-23)21-18-16(19)4-3-9-20-18/h3-9,15,23H,10-12,19H2,1-2H3,(H,20,21)/t15-/m0/s1. The Morgan fingerprint density at radius 2 is 2.04 bits per heavy atom. The molecule has 0 saturated heterocycles. The van der Waals surface area contributed by atoms with Gasteiger partial charge in [-0.1, -0.05) is 29.8 Å². The number of hydrogen-bond donors (Lipinski definition) is 3. The summed E-state index contributed by atoms with van der Waals surface area (Å²) in [5.41, 5.74) is 8.86. The third kappa shape index (κ3) is 4.96. The van der Waals surface area contributed by atoms with Gasteiger partial charge in [0.15, 0.2) is 0 Å². The smallest absolute Gasteiger partial charge is 0.248 e. The summed E-state index contributed by atoms with van der Waals surface area (Å²) in [6.07, 6.45) is 2.38. The van der Waals surface area contributed by atoms with E-state index in [-0.39, 0.29) is 11.9 Å². The summed E-state index contributed by atoms with van der Waals surface area (Å²) in [6.45, 7) is 1.98. The topological polar surface area (TPSA) is 91.5 Å². The minimum atomic E-state index is -0.501. The van der Waals surface area contributed by atoms with Crippen LogP contribution in [-0.4, -0.2) is 47.1 Å². The summed E-state index contributed by atoms with van der Waals surface area (Å²) in [6, 6.07) is 11.7. The van der Waals surface area contributed by atoms with Crippen LogP contribution in [0.1, 0.15) is 11.1 Å². The fourth-order valence-electron chi connectivity index (χ4n) is 2.45. The van der Waals surface area contributed by atoms with Gasteiger partial charge in [-0.25, -0.2) is 4.98 Å². The van der Waals surface area contributed by atoms with Crippen LogP contribution in [0.15, 0.2) is 42.6 Å². The Hall–Kier alpha value is -2.60. The lowest BCUT2D eigenvalue weighted by atomic mass is 10.0. The second-order valence-electron chi connectivity index (χ2n) is 5.90. The number of carbonyl (C=O) groups is 1. The van der Waals surface area contributed by atoms with E-state index in [0.29, 0.717) is 24.5 Å². The Morgan fingerprint density at radius 1 is 1.33 bits per heavy atom. The molecule has 0 aliphatic heterocycles. The van der Waals surface area contributed by atoms with E-state index >= 15 is 0 Å². The van der Waals surface area contributed by atoms with Crippen LogP contribution in [0.2, 0.25) is 0 Å². The van der Waals surface area contributed by atoms with Gasteiger partial charge in [0.25, 0.3) is 0 Å². The summed E-state index contributed by atoms with van der Waals surface area (Å²) in [5, 5.41) is 12.3. The number of nitrogens with zero attached hydrogens (tertiary/aromatic N) is 2. The fraction of sp³-hybridized carbons (Fsp3) is 0.333. The lowest BCUT2D eigenvalue weighted by molar-refractivity contribution is -0.132. The summed E-state index contributed by atoms with van der Waals surface area (Å²) in [5.74, 6) is 0.277. The quantitative estimate of drug-likeness (QED) is 0.715. The number of pyridine rings is 1. The van der Waals surface area contributed by atoms with Gasteiger partial charge in [0.1, 0.15) is 12.4 Å². The normalized spacial score (nSPS) is 11.8. The molecule has 0 unspecified atom stereocenters. The Morgan fingerprint density at radius 3 is 2.67 bits per heavy atom. The molecule has 0 saturated carbocycles. The molecule has 0 fully saturated rings. The van der Waals surface area contributed by atoms with Crippen molar-refractivity contribution >= 4 is 17.4 Å². The minimum absolute atomic E-state index is 0.0783. The number of amides is 1. The number of likely N-dealkylation sites (N-methyl/N-ethyl adjacent to an activating group) is 1. The van der Waals surface area contributed by atoms with Crippen LogP contribution in [0.3, 0.4) is 0 Å². The molecule has 1 atom stereocenters. The summed E-state index contributed by atoms with van der Waals surface area (Å²) < 4.78 is 0. The van der Waals surface area contributed by atoms with Gasteiger partial charge < -0.3 is 21.1 Å². The molecule has 2 rings (SSSR count). The highest BCUT2D eigenvalue weighted by atomic mass is 16.3. The van der Waals surface area contributed by atoms with E-state index in [1.54, 1.807) is 25.4 Å². The molecule has 1 aromatic heterocycles. The number of hydrogen-bond acceptors (Lipinski definition) is 5. The highest BCUT2D eigenvalue weighted by molar-refractivity contribution is 5.77. The molecule has 0 radical (unpaired) electrons. The van der Waals surface area contributed by atoms with Gasteiger partial charge in [-0.15, -0.1) is 0 Å². The van der Waals surface area contributed by atoms with Crippen molar-refractivity contribution in [3.8, 4) is 0 Å². The number of carbonyl (C=O) groups excluding carboxylic acids is 1. The fourth-order valence-corrected chi connectivity index (χ4v) is 2.45. The van der Waals surface area contributed by atoms with Gasteiger partial charge in [0, 0.05) is 25.8 Å².